The molecule has 26 heavy (non-hydrogen) atoms. The predicted octanol–water partition coefficient (Wildman–Crippen LogP) is 3.01. The molecule has 0 amide bonds. The number of Topliss-reactive ketones (excluding diaryl/α,β-unsaturated/α-hetero) is 1. The number of nitrogens with zero attached hydrogens (tertiary/aromatic N) is 2. The minimum atomic E-state index is -1.00. The Kier molecular flexibility index (Phi) is 5.27. The Morgan fingerprint density at radius 3 is 2.65 bits per heavy atom. The Morgan fingerprint density at radius 1 is 1.27 bits per heavy atom. The summed E-state index contributed by atoms with van der Waals surface area (Å²) in [5.74, 6) is -0.893. The van der Waals surface area contributed by atoms with E-state index in [0.29, 0.717) is 15.8 Å². The number of fused-ring (bicyclic) bond motifs is 1. The molecule has 0 aliphatic carbocycles. The van der Waals surface area contributed by atoms with Crippen LogP contribution in [-0.4, -0.2) is 28.4 Å². The van der Waals surface area contributed by atoms with Crippen LogP contribution in [0.25, 0.3) is 10.2 Å². The molecule has 2 aromatic heterocycles. The van der Waals surface area contributed by atoms with Crippen molar-refractivity contribution in [2.24, 2.45) is 0 Å². The second-order valence-corrected chi connectivity index (χ2v) is 6.88. The summed E-state index contributed by atoms with van der Waals surface area (Å²) in [5.41, 5.74) is 0.0945. The fourth-order valence-corrected chi connectivity index (χ4v) is 3.66. The zero-order chi connectivity index (χ0) is 18.7. The second-order valence-electron chi connectivity index (χ2n) is 5.77. The normalized spacial score (nSPS) is 12.1. The molecule has 6 nitrogen and oxygen atoms in total. The van der Waals surface area contributed by atoms with Gasteiger partial charge in [-0.15, -0.1) is 11.3 Å². The molecule has 0 bridgehead atoms. The molecule has 7 heteroatoms. The molecule has 0 spiro atoms. The number of rotatable bonds is 6. The van der Waals surface area contributed by atoms with E-state index >= 15 is 0 Å². The molecule has 0 fully saturated rings. The number of ether oxygens (including phenoxy) is 1. The zero-order valence-electron chi connectivity index (χ0n) is 14.5. The van der Waals surface area contributed by atoms with Crippen molar-refractivity contribution in [2.45, 2.75) is 25.8 Å². The van der Waals surface area contributed by atoms with Crippen LogP contribution in [0.3, 0.4) is 0 Å². The van der Waals surface area contributed by atoms with Crippen molar-refractivity contribution >= 4 is 33.3 Å². The third kappa shape index (κ3) is 3.43. The Balaban J connectivity index is 2.11. The van der Waals surface area contributed by atoms with E-state index in [1.807, 2.05) is 6.92 Å². The number of carbonyl (C=O) groups excluding carboxylic acids is 2. The molecule has 1 unspecified atom stereocenters. The number of ketones is 1. The van der Waals surface area contributed by atoms with Crippen molar-refractivity contribution in [3.05, 3.63) is 63.5 Å². The largest absolute Gasteiger partial charge is 0.469 e. The smallest absolute Gasteiger partial charge is 0.308 e. The summed E-state index contributed by atoms with van der Waals surface area (Å²) in [6.45, 7) is 2.00. The van der Waals surface area contributed by atoms with Gasteiger partial charge in [-0.2, -0.15) is 0 Å². The van der Waals surface area contributed by atoms with Crippen LogP contribution in [-0.2, 0) is 16.0 Å². The molecule has 1 aromatic carbocycles. The van der Waals surface area contributed by atoms with E-state index in [1.165, 1.54) is 29.3 Å². The summed E-state index contributed by atoms with van der Waals surface area (Å²) in [7, 11) is 1.25. The monoisotopic (exact) mass is 370 g/mol. The average Bonchev–Trinajstić information content (AvgIpc) is 3.11. The molecule has 0 saturated heterocycles. The first-order chi connectivity index (χ1) is 12.5. The molecular weight excluding hydrogens is 352 g/mol. The van der Waals surface area contributed by atoms with Gasteiger partial charge in [0.15, 0.2) is 5.78 Å². The van der Waals surface area contributed by atoms with Crippen LogP contribution in [0, 0.1) is 0 Å². The van der Waals surface area contributed by atoms with E-state index in [-0.39, 0.29) is 17.8 Å². The third-order valence-corrected chi connectivity index (χ3v) is 5.35. The highest BCUT2D eigenvalue weighted by Crippen LogP contribution is 2.23. The molecule has 3 rings (SSSR count). The summed E-state index contributed by atoms with van der Waals surface area (Å²) in [6, 6.07) is 9.38. The lowest BCUT2D eigenvalue weighted by Gasteiger charge is -2.17. The van der Waals surface area contributed by atoms with Crippen molar-refractivity contribution in [3.8, 4) is 0 Å². The molecule has 2 heterocycles. The van der Waals surface area contributed by atoms with Crippen molar-refractivity contribution in [1.29, 1.82) is 0 Å². The highest BCUT2D eigenvalue weighted by atomic mass is 32.1. The van der Waals surface area contributed by atoms with E-state index in [2.05, 4.69) is 4.98 Å². The standard InChI is InChI=1S/C19H18N2O4S/c1-3-13-9-14-18(26-13)20-11-21(19(14)24)15(10-16(22)25-2)17(23)12-7-5-4-6-8-12/h4-9,11,15H,3,10H2,1-2H3. The number of aryl methyl sites for hydroxylation is 1. The van der Waals surface area contributed by atoms with Gasteiger partial charge in [-0.1, -0.05) is 37.3 Å². The van der Waals surface area contributed by atoms with Crippen molar-refractivity contribution in [1.82, 2.24) is 9.55 Å². The quantitative estimate of drug-likeness (QED) is 0.492. The first-order valence-corrected chi connectivity index (χ1v) is 9.02. The average molecular weight is 370 g/mol. The van der Waals surface area contributed by atoms with Crippen LogP contribution in [0.5, 0.6) is 0 Å². The van der Waals surface area contributed by atoms with Gasteiger partial charge >= 0.3 is 5.97 Å². The summed E-state index contributed by atoms with van der Waals surface area (Å²) >= 11 is 1.45. The Morgan fingerprint density at radius 2 is 2.00 bits per heavy atom. The molecule has 1 atom stereocenters. The van der Waals surface area contributed by atoms with Gasteiger partial charge in [-0.05, 0) is 12.5 Å². The number of esters is 1. The van der Waals surface area contributed by atoms with Gasteiger partial charge < -0.3 is 4.74 Å². The Labute approximate surface area is 154 Å². The third-order valence-electron chi connectivity index (χ3n) is 4.16. The minimum Gasteiger partial charge on any atom is -0.469 e. The van der Waals surface area contributed by atoms with E-state index in [0.717, 1.165) is 11.3 Å². The van der Waals surface area contributed by atoms with Crippen LogP contribution in [0.15, 0.2) is 47.5 Å². The maximum absolute atomic E-state index is 13.0. The first kappa shape index (κ1) is 18.0. The maximum atomic E-state index is 13.0. The molecular formula is C19H18N2O4S. The molecule has 0 aliphatic heterocycles. The molecule has 0 saturated carbocycles. The fourth-order valence-electron chi connectivity index (χ4n) is 2.74. The van der Waals surface area contributed by atoms with Gasteiger partial charge in [0.2, 0.25) is 0 Å². The van der Waals surface area contributed by atoms with Gasteiger partial charge in [0.05, 0.1) is 25.2 Å². The topological polar surface area (TPSA) is 78.3 Å². The van der Waals surface area contributed by atoms with Crippen LogP contribution < -0.4 is 5.56 Å². The molecule has 134 valence electrons. The SMILES string of the molecule is CCc1cc2c(=O)n(C(CC(=O)OC)C(=O)c3ccccc3)cnc2s1. The zero-order valence-corrected chi connectivity index (χ0v) is 15.3. The Bertz CT molecular complexity index is 1010. The molecule has 0 aliphatic rings. The number of thiophene rings is 1. The van der Waals surface area contributed by atoms with Crippen molar-refractivity contribution in [2.75, 3.05) is 7.11 Å². The van der Waals surface area contributed by atoms with Crippen LogP contribution in [0.4, 0.5) is 0 Å². The second kappa shape index (κ2) is 7.61. The summed E-state index contributed by atoms with van der Waals surface area (Å²) in [4.78, 5) is 43.7. The molecule has 3 aromatic rings. The number of hydrogen-bond acceptors (Lipinski definition) is 6. The number of hydrogen-bond donors (Lipinski definition) is 0. The summed E-state index contributed by atoms with van der Waals surface area (Å²) in [6.07, 6.45) is 1.91. The molecule has 0 radical (unpaired) electrons. The summed E-state index contributed by atoms with van der Waals surface area (Å²) in [5, 5.41) is 0.463. The lowest BCUT2D eigenvalue weighted by Crippen LogP contribution is -2.32. The van der Waals surface area contributed by atoms with Gasteiger partial charge in [0.1, 0.15) is 10.9 Å². The fraction of sp³-hybridized carbons (Fsp3) is 0.263. The number of carbonyl (C=O) groups is 2. The van der Waals surface area contributed by atoms with Crippen LogP contribution >= 0.6 is 11.3 Å². The van der Waals surface area contributed by atoms with Crippen LogP contribution in [0.1, 0.15) is 34.6 Å². The van der Waals surface area contributed by atoms with Crippen molar-refractivity contribution < 1.29 is 14.3 Å². The number of methoxy groups -OCH3 is 1. The number of aromatic nitrogens is 2. The summed E-state index contributed by atoms with van der Waals surface area (Å²) < 4.78 is 5.95. The molecule has 0 N–H and O–H groups in total. The lowest BCUT2D eigenvalue weighted by molar-refractivity contribution is -0.141. The van der Waals surface area contributed by atoms with Crippen LogP contribution in [0.2, 0.25) is 0 Å². The van der Waals surface area contributed by atoms with E-state index in [4.69, 9.17) is 4.74 Å². The minimum absolute atomic E-state index is 0.234. The predicted molar refractivity (Wildman–Crippen MR) is 99.7 cm³/mol. The van der Waals surface area contributed by atoms with Gasteiger partial charge in [0, 0.05) is 10.4 Å². The van der Waals surface area contributed by atoms with E-state index < -0.39 is 12.0 Å². The lowest BCUT2D eigenvalue weighted by atomic mass is 10.0. The number of benzene rings is 1. The van der Waals surface area contributed by atoms with Gasteiger partial charge in [-0.3, -0.25) is 19.0 Å². The highest BCUT2D eigenvalue weighted by molar-refractivity contribution is 7.18. The van der Waals surface area contributed by atoms with Gasteiger partial charge in [0.25, 0.3) is 5.56 Å². The highest BCUT2D eigenvalue weighted by Gasteiger charge is 2.27. The first-order valence-electron chi connectivity index (χ1n) is 8.20. The van der Waals surface area contributed by atoms with Gasteiger partial charge in [-0.25, -0.2) is 4.98 Å². The van der Waals surface area contributed by atoms with Crippen molar-refractivity contribution in [3.63, 3.8) is 0 Å². The van der Waals surface area contributed by atoms with E-state index in [9.17, 15) is 14.4 Å². The van der Waals surface area contributed by atoms with E-state index in [1.54, 1.807) is 36.4 Å². The maximum Gasteiger partial charge on any atom is 0.308 e. The Hall–Kier alpha value is -2.80.